The molecule has 2 heterocycles. The number of carbonyl (C=O) groups excluding carboxylic acids is 1. The maximum absolute atomic E-state index is 11.9. The van der Waals surface area contributed by atoms with Crippen LogP contribution in [0.15, 0.2) is 35.8 Å². The molecule has 0 unspecified atom stereocenters. The first-order valence-electron chi connectivity index (χ1n) is 7.74. The number of carbonyl (C=O) groups is 1. The minimum Gasteiger partial charge on any atom is -0.355 e. The smallest absolute Gasteiger partial charge is 0.243 e. The Morgan fingerprint density at radius 3 is 2.96 bits per heavy atom. The number of aryl methyl sites for hydroxylation is 1. The van der Waals surface area contributed by atoms with Crippen molar-refractivity contribution in [2.45, 2.75) is 19.9 Å². The molecule has 24 heavy (non-hydrogen) atoms. The molecule has 9 nitrogen and oxygen atoms in total. The van der Waals surface area contributed by atoms with Gasteiger partial charge >= 0.3 is 0 Å². The zero-order valence-electron chi connectivity index (χ0n) is 13.9. The maximum Gasteiger partial charge on any atom is 0.243 e. The number of aromatic nitrogens is 4. The molecule has 1 amide bonds. The molecule has 0 atom stereocenters. The molecule has 0 fully saturated rings. The number of aliphatic imine (C=N–C) groups is 1. The summed E-state index contributed by atoms with van der Waals surface area (Å²) in [4.78, 5) is 19.9. The van der Waals surface area contributed by atoms with Crippen molar-refractivity contribution in [1.29, 1.82) is 0 Å². The summed E-state index contributed by atoms with van der Waals surface area (Å²) in [5, 5.41) is 16.8. The average Bonchev–Trinajstić information content (AvgIpc) is 3.06. The van der Waals surface area contributed by atoms with Gasteiger partial charge in [-0.3, -0.25) is 14.8 Å². The number of nitrogens with one attached hydrogen (secondary N) is 3. The first-order valence-corrected chi connectivity index (χ1v) is 7.74. The van der Waals surface area contributed by atoms with E-state index in [0.29, 0.717) is 18.2 Å². The summed E-state index contributed by atoms with van der Waals surface area (Å²) in [5.41, 5.74) is 0.659. The number of pyridine rings is 1. The summed E-state index contributed by atoms with van der Waals surface area (Å²) in [6, 6.07) is 3.54. The number of hydrogen-bond donors (Lipinski definition) is 3. The van der Waals surface area contributed by atoms with E-state index < -0.39 is 0 Å². The fraction of sp³-hybridized carbons (Fsp3) is 0.400. The van der Waals surface area contributed by atoms with Crippen molar-refractivity contribution in [2.24, 2.45) is 4.99 Å². The van der Waals surface area contributed by atoms with Gasteiger partial charge in [-0.25, -0.2) is 0 Å². The second-order valence-corrected chi connectivity index (χ2v) is 4.94. The predicted molar refractivity (Wildman–Crippen MR) is 91.6 cm³/mol. The molecule has 0 aromatic carbocycles. The molecule has 2 rings (SSSR count). The van der Waals surface area contributed by atoms with Crippen molar-refractivity contribution in [3.8, 4) is 0 Å². The van der Waals surface area contributed by atoms with Crippen molar-refractivity contribution < 1.29 is 4.79 Å². The lowest BCUT2D eigenvalue weighted by molar-refractivity contribution is -0.115. The summed E-state index contributed by atoms with van der Waals surface area (Å²) in [6.45, 7) is 3.52. The molecule has 0 aliphatic rings. The van der Waals surface area contributed by atoms with Crippen LogP contribution < -0.4 is 16.0 Å². The number of guanidine groups is 1. The lowest BCUT2D eigenvalue weighted by Gasteiger charge is -2.12. The normalized spacial score (nSPS) is 11.2. The van der Waals surface area contributed by atoms with Gasteiger partial charge in [0.05, 0.1) is 18.4 Å². The van der Waals surface area contributed by atoms with Gasteiger partial charge in [0.2, 0.25) is 5.91 Å². The summed E-state index contributed by atoms with van der Waals surface area (Å²) in [6.07, 6.45) is 5.79. The van der Waals surface area contributed by atoms with Crippen LogP contribution in [0.3, 0.4) is 0 Å². The standard InChI is InChI=1S/C15H22N8O/c1-3-13-22-20-11-23(13)8-7-18-15(16-2)19-10-14(24)21-12-5-4-6-17-9-12/h4-6,9,11H,3,7-8,10H2,1-2H3,(H,21,24)(H2,16,18,19). The van der Waals surface area contributed by atoms with Crippen LogP contribution in [0.5, 0.6) is 0 Å². The average molecular weight is 330 g/mol. The zero-order valence-corrected chi connectivity index (χ0v) is 13.9. The fourth-order valence-corrected chi connectivity index (χ4v) is 2.06. The third-order valence-corrected chi connectivity index (χ3v) is 3.24. The Morgan fingerprint density at radius 1 is 1.38 bits per heavy atom. The van der Waals surface area contributed by atoms with Crippen LogP contribution in [0.4, 0.5) is 5.69 Å². The van der Waals surface area contributed by atoms with Crippen molar-refractivity contribution in [3.05, 3.63) is 36.7 Å². The van der Waals surface area contributed by atoms with Gasteiger partial charge in [-0.05, 0) is 12.1 Å². The van der Waals surface area contributed by atoms with Crippen LogP contribution in [0.25, 0.3) is 0 Å². The number of hydrogen-bond acceptors (Lipinski definition) is 5. The van der Waals surface area contributed by atoms with Crippen LogP contribution in [0, 0.1) is 0 Å². The number of amides is 1. The summed E-state index contributed by atoms with van der Waals surface area (Å²) in [5.74, 6) is 1.33. The van der Waals surface area contributed by atoms with Gasteiger partial charge in [-0.15, -0.1) is 10.2 Å². The molecule has 0 radical (unpaired) electrons. The van der Waals surface area contributed by atoms with Crippen LogP contribution in [0.1, 0.15) is 12.7 Å². The van der Waals surface area contributed by atoms with E-state index in [0.717, 1.165) is 18.8 Å². The molecule has 0 bridgehead atoms. The molecule has 0 saturated carbocycles. The Labute approximate surface area is 140 Å². The Balaban J connectivity index is 1.71. The highest BCUT2D eigenvalue weighted by molar-refractivity contribution is 5.94. The van der Waals surface area contributed by atoms with E-state index in [1.165, 1.54) is 0 Å². The Morgan fingerprint density at radius 2 is 2.25 bits per heavy atom. The Hall–Kier alpha value is -2.97. The predicted octanol–water partition coefficient (Wildman–Crippen LogP) is 0.0392. The first-order chi connectivity index (χ1) is 11.7. The molecule has 128 valence electrons. The lowest BCUT2D eigenvalue weighted by atomic mass is 10.4. The second-order valence-electron chi connectivity index (χ2n) is 4.94. The monoisotopic (exact) mass is 330 g/mol. The SMILES string of the molecule is CCc1nncn1CCNC(=NC)NCC(=O)Nc1cccnc1. The quantitative estimate of drug-likeness (QED) is 0.488. The van der Waals surface area contributed by atoms with Gasteiger partial charge < -0.3 is 20.5 Å². The molecule has 0 saturated heterocycles. The fourth-order valence-electron chi connectivity index (χ4n) is 2.06. The topological polar surface area (TPSA) is 109 Å². The van der Waals surface area contributed by atoms with Crippen molar-refractivity contribution in [3.63, 3.8) is 0 Å². The van der Waals surface area contributed by atoms with Gasteiger partial charge in [0.15, 0.2) is 5.96 Å². The van der Waals surface area contributed by atoms with Gasteiger partial charge in [0.1, 0.15) is 12.2 Å². The van der Waals surface area contributed by atoms with Gasteiger partial charge in [-0.2, -0.15) is 0 Å². The first kappa shape index (κ1) is 17.4. The third-order valence-electron chi connectivity index (χ3n) is 3.24. The molecule has 0 aliphatic carbocycles. The summed E-state index contributed by atoms with van der Waals surface area (Å²) < 4.78 is 1.98. The van der Waals surface area contributed by atoms with Gasteiger partial charge in [-0.1, -0.05) is 6.92 Å². The number of rotatable bonds is 7. The van der Waals surface area contributed by atoms with Gasteiger partial charge in [0.25, 0.3) is 0 Å². The van der Waals surface area contributed by atoms with Crippen LogP contribution >= 0.6 is 0 Å². The summed E-state index contributed by atoms with van der Waals surface area (Å²) in [7, 11) is 1.66. The highest BCUT2D eigenvalue weighted by Gasteiger charge is 2.05. The zero-order chi connectivity index (χ0) is 17.2. The van der Waals surface area contributed by atoms with E-state index in [-0.39, 0.29) is 12.5 Å². The highest BCUT2D eigenvalue weighted by atomic mass is 16.1. The largest absolute Gasteiger partial charge is 0.355 e. The molecule has 2 aromatic rings. The number of anilines is 1. The molecule has 3 N–H and O–H groups in total. The molecular formula is C15H22N8O. The van der Waals surface area contributed by atoms with Gasteiger partial charge in [0, 0.05) is 32.8 Å². The van der Waals surface area contributed by atoms with E-state index in [9.17, 15) is 4.79 Å². The minimum atomic E-state index is -0.168. The Bertz CT molecular complexity index is 667. The van der Waals surface area contributed by atoms with Crippen LogP contribution in [0.2, 0.25) is 0 Å². The van der Waals surface area contributed by atoms with E-state index in [4.69, 9.17) is 0 Å². The lowest BCUT2D eigenvalue weighted by Crippen LogP contribution is -2.42. The van der Waals surface area contributed by atoms with Crippen molar-refractivity contribution in [1.82, 2.24) is 30.4 Å². The molecule has 0 aliphatic heterocycles. The summed E-state index contributed by atoms with van der Waals surface area (Å²) >= 11 is 0. The molecule has 2 aromatic heterocycles. The van der Waals surface area contributed by atoms with Crippen LogP contribution in [-0.2, 0) is 17.8 Å². The Kier molecular flexibility index (Phi) is 6.69. The molecule has 0 spiro atoms. The van der Waals surface area contributed by atoms with Crippen LogP contribution in [-0.4, -0.2) is 51.8 Å². The van der Waals surface area contributed by atoms with E-state index >= 15 is 0 Å². The van der Waals surface area contributed by atoms with Crippen molar-refractivity contribution in [2.75, 3.05) is 25.5 Å². The second kappa shape index (κ2) is 9.23. The van der Waals surface area contributed by atoms with E-state index in [1.807, 2.05) is 11.5 Å². The van der Waals surface area contributed by atoms with Crippen molar-refractivity contribution >= 4 is 17.6 Å². The highest BCUT2D eigenvalue weighted by Crippen LogP contribution is 2.01. The van der Waals surface area contributed by atoms with E-state index in [2.05, 4.69) is 36.1 Å². The maximum atomic E-state index is 11.9. The molecule has 9 heteroatoms. The number of nitrogens with zero attached hydrogens (tertiary/aromatic N) is 5. The third kappa shape index (κ3) is 5.34. The minimum absolute atomic E-state index is 0.113. The molecular weight excluding hydrogens is 308 g/mol. The van der Waals surface area contributed by atoms with E-state index in [1.54, 1.807) is 37.9 Å².